The maximum Gasteiger partial charge on any atom is 0.362 e. The number of nitrogens with two attached hydrogens (primary N) is 2. The Morgan fingerprint density at radius 1 is 0.540 bits per heavy atom. The van der Waals surface area contributed by atoms with Crippen molar-refractivity contribution >= 4 is 72.8 Å². The molecular weight excluding hydrogens is 1360 g/mol. The molecule has 488 valence electrons. The highest BCUT2D eigenvalue weighted by atomic mass is 127. The fraction of sp³-hybridized carbons (Fsp3) is 0.621. The molecule has 5 N–H and O–H groups in total. The van der Waals surface area contributed by atoms with E-state index in [1.54, 1.807) is 58.8 Å². The van der Waals surface area contributed by atoms with Crippen LogP contribution in [0, 0.1) is 3.70 Å². The fourth-order valence-electron chi connectivity index (χ4n) is 8.13. The molecule has 0 amide bonds. The normalized spacial score (nSPS) is 12.1. The highest BCUT2D eigenvalue weighted by Crippen LogP contribution is 2.26. The summed E-state index contributed by atoms with van der Waals surface area (Å²) in [7, 11) is 6.56. The Morgan fingerprint density at radius 3 is 1.38 bits per heavy atom. The molecule has 0 aliphatic rings. The Bertz CT molecular complexity index is 2770. The quantitative estimate of drug-likeness (QED) is 0.0124. The van der Waals surface area contributed by atoms with Crippen LogP contribution in [0.15, 0.2) is 76.4 Å². The highest BCUT2D eigenvalue weighted by molar-refractivity contribution is 14.1. The number of hydrogen-bond acceptors (Lipinski definition) is 26. The second-order valence-corrected chi connectivity index (χ2v) is 21.3. The summed E-state index contributed by atoms with van der Waals surface area (Å²) in [5.74, 6) is 7.61. The number of halogens is 2. The number of hydrogen-bond donors (Lipinski definition) is 3. The summed E-state index contributed by atoms with van der Waals surface area (Å²) in [5, 5.41) is 14.4. The van der Waals surface area contributed by atoms with Gasteiger partial charge in [0.15, 0.2) is 5.69 Å². The van der Waals surface area contributed by atoms with E-state index in [1.807, 2.05) is 40.8 Å². The third kappa shape index (κ3) is 28.6. The standard InChI is InChI=1S/C58H89I2N9O18/c1-72-23-27-80-35-31-76-19-13-66(14-20-77-32-36-81-28-24-73-2)11-5-17-84-47-9-7-45-39-51(57(70)86-53(45)41-47)68(62)55(59)49(61)43-63-44-50-56(60)69(65-64-50)52-40-46-8-10-48(42-54(46)87-58(52)71)85-18-6-12-67(15-21-78-33-37-82-29-25-74-3)16-22-79-34-38-83-30-26-75-4/h7-10,39-42,63H,5-6,11-38,43-44,61-62H2,1-4H3/b55-49-. The molecule has 5 aromatic rings. The molecule has 0 saturated carbocycles. The molecular formula is C58H89I2N9O18. The Kier molecular flexibility index (Phi) is 38.1. The van der Waals surface area contributed by atoms with Crippen LogP contribution in [-0.2, 0) is 63.4 Å². The van der Waals surface area contributed by atoms with Gasteiger partial charge < -0.3 is 86.2 Å². The van der Waals surface area contributed by atoms with Crippen LogP contribution in [0.2, 0.25) is 0 Å². The van der Waals surface area contributed by atoms with Gasteiger partial charge in [0.2, 0.25) is 0 Å². The second-order valence-electron chi connectivity index (χ2n) is 19.2. The van der Waals surface area contributed by atoms with E-state index in [0.29, 0.717) is 211 Å². The Morgan fingerprint density at radius 2 is 0.943 bits per heavy atom. The van der Waals surface area contributed by atoms with Gasteiger partial charge in [0, 0.05) is 104 Å². The van der Waals surface area contributed by atoms with Crippen LogP contribution < -0.4 is 42.6 Å². The molecule has 0 unspecified atom stereocenters. The molecule has 0 atom stereocenters. The van der Waals surface area contributed by atoms with Crippen LogP contribution in [0.3, 0.4) is 0 Å². The summed E-state index contributed by atoms with van der Waals surface area (Å²) >= 11 is 4.07. The van der Waals surface area contributed by atoms with Crippen molar-refractivity contribution in [2.24, 2.45) is 11.6 Å². The van der Waals surface area contributed by atoms with E-state index in [1.165, 1.54) is 9.69 Å². The van der Waals surface area contributed by atoms with Crippen molar-refractivity contribution < 1.29 is 75.2 Å². The lowest BCUT2D eigenvalue weighted by Crippen LogP contribution is -2.35. The van der Waals surface area contributed by atoms with Crippen molar-refractivity contribution in [2.75, 3.05) is 225 Å². The molecule has 0 aliphatic heterocycles. The first-order valence-electron chi connectivity index (χ1n) is 29.0. The zero-order valence-corrected chi connectivity index (χ0v) is 55.0. The first-order chi connectivity index (χ1) is 42.6. The average molecular weight is 1450 g/mol. The summed E-state index contributed by atoms with van der Waals surface area (Å²) in [6, 6.07) is 14.0. The monoisotopic (exact) mass is 1450 g/mol. The predicted octanol–water partition coefficient (Wildman–Crippen LogP) is 3.98. The summed E-state index contributed by atoms with van der Waals surface area (Å²) in [6.45, 7) is 16.1. The van der Waals surface area contributed by atoms with Crippen molar-refractivity contribution in [1.29, 1.82) is 0 Å². The lowest BCUT2D eigenvalue weighted by molar-refractivity contribution is 0.00894. The molecule has 3 heterocycles. The highest BCUT2D eigenvalue weighted by Gasteiger charge is 2.19. The van der Waals surface area contributed by atoms with Crippen LogP contribution in [0.25, 0.3) is 27.6 Å². The number of nitrogens with one attached hydrogen (secondary N) is 1. The first-order valence-corrected chi connectivity index (χ1v) is 31.2. The van der Waals surface area contributed by atoms with Gasteiger partial charge in [0.1, 0.15) is 41.5 Å². The lowest BCUT2D eigenvalue weighted by atomic mass is 10.2. The number of anilines is 1. The fourth-order valence-corrected chi connectivity index (χ4v) is 9.23. The summed E-state index contributed by atoms with van der Waals surface area (Å²) in [5.41, 5.74) is 7.16. The van der Waals surface area contributed by atoms with E-state index in [2.05, 4.69) is 48.0 Å². The van der Waals surface area contributed by atoms with E-state index in [0.717, 1.165) is 39.0 Å². The summed E-state index contributed by atoms with van der Waals surface area (Å²) in [6.07, 6.45) is 1.47. The Labute approximate surface area is 535 Å². The van der Waals surface area contributed by atoms with Gasteiger partial charge in [-0.1, -0.05) is 5.21 Å². The number of nitrogens with zero attached hydrogens (tertiary/aromatic N) is 6. The molecule has 3 aromatic heterocycles. The van der Waals surface area contributed by atoms with E-state index in [4.69, 9.17) is 86.7 Å². The topological polar surface area (TPSA) is 294 Å². The third-order valence-corrected chi connectivity index (χ3v) is 15.1. The number of benzene rings is 2. The van der Waals surface area contributed by atoms with Gasteiger partial charge in [0.05, 0.1) is 151 Å². The minimum absolute atomic E-state index is 0.0896. The van der Waals surface area contributed by atoms with Crippen molar-refractivity contribution in [1.82, 2.24) is 30.1 Å². The van der Waals surface area contributed by atoms with Gasteiger partial charge in [-0.15, -0.1) is 5.10 Å². The molecule has 0 saturated heterocycles. The lowest BCUT2D eigenvalue weighted by Gasteiger charge is -2.22. The number of rotatable bonds is 53. The van der Waals surface area contributed by atoms with Gasteiger partial charge in [-0.25, -0.2) is 15.4 Å². The zero-order valence-electron chi connectivity index (χ0n) is 50.7. The van der Waals surface area contributed by atoms with E-state index < -0.39 is 11.3 Å². The van der Waals surface area contributed by atoms with Gasteiger partial charge in [-0.05, 0) is 94.4 Å². The van der Waals surface area contributed by atoms with Crippen molar-refractivity contribution in [3.05, 3.63) is 88.2 Å². The van der Waals surface area contributed by atoms with E-state index >= 15 is 0 Å². The minimum Gasteiger partial charge on any atom is -0.493 e. The second kappa shape index (κ2) is 45.1. The third-order valence-electron chi connectivity index (χ3n) is 12.8. The number of hydrazine groups is 1. The Balaban J connectivity index is 1.07. The molecule has 0 spiro atoms. The largest absolute Gasteiger partial charge is 0.493 e. The van der Waals surface area contributed by atoms with Crippen LogP contribution in [-0.4, -0.2) is 244 Å². The number of ether oxygens (including phenoxy) is 14. The van der Waals surface area contributed by atoms with Gasteiger partial charge in [-0.2, -0.15) is 4.68 Å². The molecule has 2 aromatic carbocycles. The van der Waals surface area contributed by atoms with Crippen molar-refractivity contribution in [3.8, 4) is 17.2 Å². The Hall–Kier alpha value is -4.24. The first kappa shape index (κ1) is 73.5. The van der Waals surface area contributed by atoms with Crippen molar-refractivity contribution in [2.45, 2.75) is 19.4 Å². The summed E-state index contributed by atoms with van der Waals surface area (Å²) in [4.78, 5) is 31.3. The molecule has 0 radical (unpaired) electrons. The molecule has 29 heteroatoms. The van der Waals surface area contributed by atoms with Gasteiger partial charge >= 0.3 is 11.3 Å². The maximum atomic E-state index is 13.4. The molecule has 5 rings (SSSR count). The van der Waals surface area contributed by atoms with E-state index in [9.17, 15) is 9.59 Å². The van der Waals surface area contributed by atoms with Crippen LogP contribution in [0.4, 0.5) is 5.69 Å². The van der Waals surface area contributed by atoms with Crippen LogP contribution in [0.5, 0.6) is 11.5 Å². The van der Waals surface area contributed by atoms with Crippen molar-refractivity contribution in [3.63, 3.8) is 0 Å². The van der Waals surface area contributed by atoms with Gasteiger partial charge in [0.25, 0.3) is 0 Å². The number of aromatic nitrogens is 3. The van der Waals surface area contributed by atoms with Gasteiger partial charge in [-0.3, -0.25) is 14.8 Å². The minimum atomic E-state index is -0.655. The molecule has 27 nitrogen and oxygen atoms in total. The molecule has 0 aliphatic carbocycles. The predicted molar refractivity (Wildman–Crippen MR) is 343 cm³/mol. The smallest absolute Gasteiger partial charge is 0.362 e. The average Bonchev–Trinajstić information content (AvgIpc) is 2.20. The number of methoxy groups -OCH3 is 4. The number of fused-ring (bicyclic) bond motifs is 2. The molecule has 0 bridgehead atoms. The van der Waals surface area contributed by atoms with Crippen LogP contribution >= 0.6 is 45.2 Å². The zero-order chi connectivity index (χ0) is 62.1. The van der Waals surface area contributed by atoms with Crippen LogP contribution in [0.1, 0.15) is 18.5 Å². The molecule has 87 heavy (non-hydrogen) atoms. The van der Waals surface area contributed by atoms with E-state index in [-0.39, 0.29) is 24.5 Å². The SMILES string of the molecule is COCCOCCOCCN(CCCOc1ccc2cc(N(N)/C(I)=C(\N)CNCc3nnn(-c4cc5ccc(OCCCN(CCOCCOCCOC)CCOCCOCCOC)cc5oc4=O)c3I)c(=O)oc2c1)CCOCCOCCOC. The molecule has 0 fully saturated rings. The maximum absolute atomic E-state index is 13.4. The summed E-state index contributed by atoms with van der Waals surface area (Å²) < 4.78 is 91.4.